The zero-order chi connectivity index (χ0) is 15.9. The number of amides is 2. The van der Waals surface area contributed by atoms with Crippen molar-refractivity contribution in [3.05, 3.63) is 0 Å². The first-order valence-electron chi connectivity index (χ1n) is 8.67. The third-order valence-corrected chi connectivity index (χ3v) is 5.95. The number of carbonyl (C=O) groups is 2. The average molecular weight is 307 g/mol. The van der Waals surface area contributed by atoms with E-state index in [1.807, 2.05) is 30.8 Å². The van der Waals surface area contributed by atoms with Crippen molar-refractivity contribution in [2.45, 2.75) is 57.5 Å². The van der Waals surface area contributed by atoms with Gasteiger partial charge in [0, 0.05) is 32.1 Å². The van der Waals surface area contributed by atoms with Gasteiger partial charge >= 0.3 is 0 Å². The minimum Gasteiger partial charge on any atom is -0.341 e. The van der Waals surface area contributed by atoms with Crippen LogP contribution in [0.25, 0.3) is 0 Å². The van der Waals surface area contributed by atoms with Crippen LogP contribution in [0.2, 0.25) is 0 Å². The van der Waals surface area contributed by atoms with Gasteiger partial charge in [-0.05, 0) is 58.5 Å². The molecule has 3 rings (SSSR count). The summed E-state index contributed by atoms with van der Waals surface area (Å²) in [5.74, 6) is 0.596. The largest absolute Gasteiger partial charge is 0.341 e. The first-order valence-corrected chi connectivity index (χ1v) is 8.67. The summed E-state index contributed by atoms with van der Waals surface area (Å²) in [4.78, 5) is 30.7. The molecule has 5 heteroatoms. The molecule has 3 fully saturated rings. The maximum Gasteiger partial charge on any atom is 0.239 e. The molecule has 0 aromatic carbocycles. The quantitative estimate of drug-likeness (QED) is 0.790. The molecule has 2 heterocycles. The van der Waals surface area contributed by atoms with E-state index in [1.54, 1.807) is 0 Å². The zero-order valence-corrected chi connectivity index (χ0v) is 14.2. The molecular formula is C17H29N3O2. The van der Waals surface area contributed by atoms with E-state index in [0.717, 1.165) is 38.9 Å². The summed E-state index contributed by atoms with van der Waals surface area (Å²) in [6, 6.07) is 0.475. The molecule has 0 bridgehead atoms. The minimum absolute atomic E-state index is 0.0510. The van der Waals surface area contributed by atoms with E-state index < -0.39 is 0 Å². The van der Waals surface area contributed by atoms with Crippen LogP contribution in [0.5, 0.6) is 0 Å². The first-order chi connectivity index (χ1) is 10.4. The van der Waals surface area contributed by atoms with Gasteiger partial charge in [0.1, 0.15) is 0 Å². The fourth-order valence-electron chi connectivity index (χ4n) is 3.86. The van der Waals surface area contributed by atoms with E-state index in [0.29, 0.717) is 18.4 Å². The fraction of sp³-hybridized carbons (Fsp3) is 0.882. The first kappa shape index (κ1) is 15.8. The standard InChI is InChI=1S/C17H29N3O2/c1-13(18(2)3)16(22)19-10-8-17(9-11-19)7-6-15(21)20(12-17)14-4-5-14/h13-14H,4-12H2,1-3H3/t13-/m0/s1. The molecule has 0 aromatic rings. The smallest absolute Gasteiger partial charge is 0.239 e. The Kier molecular flexibility index (Phi) is 4.19. The molecule has 124 valence electrons. The van der Waals surface area contributed by atoms with Gasteiger partial charge in [0.05, 0.1) is 6.04 Å². The Morgan fingerprint density at radius 2 is 1.86 bits per heavy atom. The molecule has 1 aliphatic carbocycles. The van der Waals surface area contributed by atoms with Crippen LogP contribution in [0.1, 0.15) is 45.4 Å². The third kappa shape index (κ3) is 3.00. The van der Waals surface area contributed by atoms with Crippen molar-refractivity contribution in [2.75, 3.05) is 33.7 Å². The van der Waals surface area contributed by atoms with Crippen LogP contribution in [0, 0.1) is 5.41 Å². The van der Waals surface area contributed by atoms with E-state index in [4.69, 9.17) is 0 Å². The lowest BCUT2D eigenvalue weighted by atomic mass is 9.72. The van der Waals surface area contributed by atoms with Crippen LogP contribution < -0.4 is 0 Å². The van der Waals surface area contributed by atoms with Crippen molar-refractivity contribution in [2.24, 2.45) is 5.41 Å². The zero-order valence-electron chi connectivity index (χ0n) is 14.2. The molecular weight excluding hydrogens is 278 g/mol. The van der Waals surface area contributed by atoms with Crippen molar-refractivity contribution in [1.82, 2.24) is 14.7 Å². The number of rotatable bonds is 3. The molecule has 3 aliphatic rings. The molecule has 0 aromatic heterocycles. The SMILES string of the molecule is C[C@@H](C(=O)N1CCC2(CCC(=O)N(C3CC3)C2)CC1)N(C)C. The molecule has 1 atom stereocenters. The second-order valence-electron chi connectivity index (χ2n) is 7.72. The van der Waals surface area contributed by atoms with Crippen LogP contribution in [0.15, 0.2) is 0 Å². The normalized spacial score (nSPS) is 26.6. The number of hydrogen-bond acceptors (Lipinski definition) is 3. The van der Waals surface area contributed by atoms with Crippen molar-refractivity contribution in [1.29, 1.82) is 0 Å². The minimum atomic E-state index is -0.0510. The van der Waals surface area contributed by atoms with E-state index in [2.05, 4.69) is 4.90 Å². The summed E-state index contributed by atoms with van der Waals surface area (Å²) in [6.45, 7) is 4.61. The molecule has 1 spiro atoms. The van der Waals surface area contributed by atoms with Gasteiger partial charge in [-0.1, -0.05) is 0 Å². The van der Waals surface area contributed by atoms with Crippen LogP contribution in [0.4, 0.5) is 0 Å². The van der Waals surface area contributed by atoms with E-state index in [9.17, 15) is 9.59 Å². The highest BCUT2D eigenvalue weighted by Gasteiger charge is 2.45. The Bertz CT molecular complexity index is 451. The van der Waals surface area contributed by atoms with Gasteiger partial charge < -0.3 is 9.80 Å². The van der Waals surface area contributed by atoms with Crippen molar-refractivity contribution < 1.29 is 9.59 Å². The van der Waals surface area contributed by atoms with Crippen LogP contribution in [-0.4, -0.2) is 72.3 Å². The molecule has 0 N–H and O–H groups in total. The second-order valence-corrected chi connectivity index (χ2v) is 7.72. The van der Waals surface area contributed by atoms with Gasteiger partial charge in [-0.25, -0.2) is 0 Å². The van der Waals surface area contributed by atoms with Gasteiger partial charge in [-0.2, -0.15) is 0 Å². The Balaban J connectivity index is 1.59. The third-order valence-electron chi connectivity index (χ3n) is 5.95. The predicted molar refractivity (Wildman–Crippen MR) is 85.4 cm³/mol. The highest BCUT2D eigenvalue weighted by Crippen LogP contribution is 2.43. The Morgan fingerprint density at radius 3 is 2.41 bits per heavy atom. The van der Waals surface area contributed by atoms with Gasteiger partial charge in [-0.15, -0.1) is 0 Å². The molecule has 2 saturated heterocycles. The van der Waals surface area contributed by atoms with Crippen LogP contribution >= 0.6 is 0 Å². The van der Waals surface area contributed by atoms with E-state index in [1.165, 1.54) is 12.8 Å². The van der Waals surface area contributed by atoms with Crippen LogP contribution in [0.3, 0.4) is 0 Å². The summed E-state index contributed by atoms with van der Waals surface area (Å²) < 4.78 is 0. The summed E-state index contributed by atoms with van der Waals surface area (Å²) in [6.07, 6.45) is 6.20. The summed E-state index contributed by atoms with van der Waals surface area (Å²) >= 11 is 0. The fourth-order valence-corrected chi connectivity index (χ4v) is 3.86. The molecule has 2 aliphatic heterocycles. The molecule has 22 heavy (non-hydrogen) atoms. The number of hydrogen-bond donors (Lipinski definition) is 0. The lowest BCUT2D eigenvalue weighted by Gasteiger charge is -2.48. The van der Waals surface area contributed by atoms with Crippen molar-refractivity contribution in [3.8, 4) is 0 Å². The molecule has 1 saturated carbocycles. The summed E-state index contributed by atoms with van der Waals surface area (Å²) in [5.41, 5.74) is 0.272. The van der Waals surface area contributed by atoms with Crippen molar-refractivity contribution in [3.63, 3.8) is 0 Å². The number of likely N-dealkylation sites (N-methyl/N-ethyl adjacent to an activating group) is 1. The molecule has 5 nitrogen and oxygen atoms in total. The Hall–Kier alpha value is -1.10. The lowest BCUT2D eigenvalue weighted by Crippen LogP contribution is -2.54. The predicted octanol–water partition coefficient (Wildman–Crippen LogP) is 1.33. The molecule has 0 unspecified atom stereocenters. The van der Waals surface area contributed by atoms with Gasteiger partial charge in [0.15, 0.2) is 0 Å². The molecule has 2 amide bonds. The Labute approximate surface area is 133 Å². The van der Waals surface area contributed by atoms with Gasteiger partial charge in [-0.3, -0.25) is 14.5 Å². The highest BCUT2D eigenvalue weighted by molar-refractivity contribution is 5.81. The van der Waals surface area contributed by atoms with E-state index >= 15 is 0 Å². The topological polar surface area (TPSA) is 43.9 Å². The van der Waals surface area contributed by atoms with Gasteiger partial charge in [0.25, 0.3) is 0 Å². The number of piperidine rings is 2. The number of carbonyl (C=O) groups excluding carboxylic acids is 2. The second kappa shape index (κ2) is 5.84. The highest BCUT2D eigenvalue weighted by atomic mass is 16.2. The number of likely N-dealkylation sites (tertiary alicyclic amines) is 2. The van der Waals surface area contributed by atoms with Crippen molar-refractivity contribution >= 4 is 11.8 Å². The van der Waals surface area contributed by atoms with Crippen LogP contribution in [-0.2, 0) is 9.59 Å². The summed E-state index contributed by atoms with van der Waals surface area (Å²) in [7, 11) is 3.91. The maximum atomic E-state index is 12.5. The Morgan fingerprint density at radius 1 is 1.23 bits per heavy atom. The maximum absolute atomic E-state index is 12.5. The van der Waals surface area contributed by atoms with E-state index in [-0.39, 0.29) is 17.4 Å². The molecule has 0 radical (unpaired) electrons. The number of nitrogens with zero attached hydrogens (tertiary/aromatic N) is 3. The summed E-state index contributed by atoms with van der Waals surface area (Å²) in [5, 5.41) is 0. The average Bonchev–Trinajstić information content (AvgIpc) is 3.34. The van der Waals surface area contributed by atoms with Gasteiger partial charge in [0.2, 0.25) is 11.8 Å². The lowest BCUT2D eigenvalue weighted by molar-refractivity contribution is -0.144. The monoisotopic (exact) mass is 307 g/mol.